The summed E-state index contributed by atoms with van der Waals surface area (Å²) in [5, 5.41) is 8.41. The van der Waals surface area contributed by atoms with E-state index in [-0.39, 0.29) is 0 Å². The number of hydrogen-bond donors (Lipinski definition) is 1. The van der Waals surface area contributed by atoms with E-state index < -0.39 is 0 Å². The van der Waals surface area contributed by atoms with E-state index in [1.807, 2.05) is 0 Å². The lowest BCUT2D eigenvalue weighted by Crippen LogP contribution is -2.14. The van der Waals surface area contributed by atoms with Crippen molar-refractivity contribution in [1.82, 2.24) is 14.8 Å². The van der Waals surface area contributed by atoms with Gasteiger partial charge in [0, 0.05) is 13.0 Å². The molecule has 0 atom stereocenters. The van der Waals surface area contributed by atoms with Crippen molar-refractivity contribution in [3.63, 3.8) is 0 Å². The van der Waals surface area contributed by atoms with Crippen molar-refractivity contribution in [2.75, 3.05) is 0 Å². The molecule has 1 heterocycles. The monoisotopic (exact) mass is 208 g/mol. The van der Waals surface area contributed by atoms with Crippen LogP contribution in [0, 0.1) is 11.8 Å². The standard InChI is InChI=1S/C11H20N4/c1-8(2)7-15-10(5-9-3-4-9)13-14-11(15)6-12/h8-9H,3-7,12H2,1-2H3. The molecular weight excluding hydrogens is 188 g/mol. The van der Waals surface area contributed by atoms with Crippen LogP contribution < -0.4 is 5.73 Å². The Balaban J connectivity index is 2.15. The molecule has 0 saturated heterocycles. The average Bonchev–Trinajstić information content (AvgIpc) is 2.91. The van der Waals surface area contributed by atoms with Crippen molar-refractivity contribution < 1.29 is 0 Å². The maximum atomic E-state index is 5.66. The molecule has 1 fully saturated rings. The minimum Gasteiger partial charge on any atom is -0.324 e. The molecule has 0 bridgehead atoms. The van der Waals surface area contributed by atoms with E-state index in [0.717, 1.165) is 30.5 Å². The molecule has 0 aromatic carbocycles. The third-order valence-corrected chi connectivity index (χ3v) is 2.80. The Hall–Kier alpha value is -0.900. The van der Waals surface area contributed by atoms with Crippen LogP contribution in [0.5, 0.6) is 0 Å². The Labute approximate surface area is 90.9 Å². The van der Waals surface area contributed by atoms with Crippen molar-refractivity contribution >= 4 is 0 Å². The highest BCUT2D eigenvalue weighted by molar-refractivity contribution is 4.99. The van der Waals surface area contributed by atoms with Crippen LogP contribution in [-0.2, 0) is 19.5 Å². The molecule has 1 aromatic rings. The van der Waals surface area contributed by atoms with E-state index in [2.05, 4.69) is 28.6 Å². The molecule has 0 unspecified atom stereocenters. The maximum Gasteiger partial charge on any atom is 0.146 e. The third kappa shape index (κ3) is 2.56. The zero-order chi connectivity index (χ0) is 10.8. The predicted molar refractivity (Wildman–Crippen MR) is 59.2 cm³/mol. The van der Waals surface area contributed by atoms with Crippen molar-refractivity contribution in [2.24, 2.45) is 17.6 Å². The van der Waals surface area contributed by atoms with E-state index in [1.165, 1.54) is 12.8 Å². The van der Waals surface area contributed by atoms with Gasteiger partial charge in [0.1, 0.15) is 11.6 Å². The fourth-order valence-electron chi connectivity index (χ4n) is 1.83. The van der Waals surface area contributed by atoms with E-state index in [0.29, 0.717) is 12.5 Å². The van der Waals surface area contributed by atoms with Gasteiger partial charge in [0.2, 0.25) is 0 Å². The minimum absolute atomic E-state index is 0.490. The van der Waals surface area contributed by atoms with Crippen LogP contribution in [0.2, 0.25) is 0 Å². The first-order valence-electron chi connectivity index (χ1n) is 5.81. The van der Waals surface area contributed by atoms with Crippen molar-refractivity contribution in [3.8, 4) is 0 Å². The Kier molecular flexibility index (Phi) is 3.05. The highest BCUT2D eigenvalue weighted by atomic mass is 15.3. The lowest BCUT2D eigenvalue weighted by Gasteiger charge is -2.11. The molecule has 0 radical (unpaired) electrons. The van der Waals surface area contributed by atoms with E-state index in [4.69, 9.17) is 5.73 Å². The Morgan fingerprint density at radius 2 is 2.00 bits per heavy atom. The first-order chi connectivity index (χ1) is 7.20. The van der Waals surface area contributed by atoms with Crippen LogP contribution in [0.15, 0.2) is 0 Å². The second kappa shape index (κ2) is 4.31. The average molecular weight is 208 g/mol. The fraction of sp³-hybridized carbons (Fsp3) is 0.818. The quantitative estimate of drug-likeness (QED) is 0.794. The SMILES string of the molecule is CC(C)Cn1c(CN)nnc1CC1CC1. The first kappa shape index (κ1) is 10.6. The Morgan fingerprint density at radius 1 is 1.33 bits per heavy atom. The zero-order valence-electron chi connectivity index (χ0n) is 9.61. The highest BCUT2D eigenvalue weighted by Crippen LogP contribution is 2.32. The predicted octanol–water partition coefficient (Wildman–Crippen LogP) is 1.35. The van der Waals surface area contributed by atoms with E-state index in [9.17, 15) is 0 Å². The summed E-state index contributed by atoms with van der Waals surface area (Å²) in [5.41, 5.74) is 5.66. The Morgan fingerprint density at radius 3 is 2.53 bits per heavy atom. The van der Waals surface area contributed by atoms with Gasteiger partial charge in [-0.15, -0.1) is 10.2 Å². The largest absolute Gasteiger partial charge is 0.324 e. The summed E-state index contributed by atoms with van der Waals surface area (Å²) >= 11 is 0. The molecule has 1 aliphatic rings. The molecule has 1 aromatic heterocycles. The molecule has 4 heteroatoms. The second-order valence-electron chi connectivity index (χ2n) is 4.89. The molecule has 15 heavy (non-hydrogen) atoms. The molecule has 2 rings (SSSR count). The molecule has 84 valence electrons. The molecule has 0 amide bonds. The van der Waals surface area contributed by atoms with Gasteiger partial charge in [-0.3, -0.25) is 0 Å². The molecule has 0 aliphatic heterocycles. The van der Waals surface area contributed by atoms with Crippen LogP contribution >= 0.6 is 0 Å². The van der Waals surface area contributed by atoms with Gasteiger partial charge in [-0.05, 0) is 24.7 Å². The molecule has 2 N–H and O–H groups in total. The summed E-state index contributed by atoms with van der Waals surface area (Å²) in [6.07, 6.45) is 3.79. The zero-order valence-corrected chi connectivity index (χ0v) is 9.61. The van der Waals surface area contributed by atoms with Crippen LogP contribution in [-0.4, -0.2) is 14.8 Å². The van der Waals surface area contributed by atoms with E-state index in [1.54, 1.807) is 0 Å². The molecule has 1 aliphatic carbocycles. The summed E-state index contributed by atoms with van der Waals surface area (Å²) in [5.74, 6) is 3.53. The van der Waals surface area contributed by atoms with Gasteiger partial charge in [0.15, 0.2) is 0 Å². The summed E-state index contributed by atoms with van der Waals surface area (Å²) in [6, 6.07) is 0. The smallest absolute Gasteiger partial charge is 0.146 e. The summed E-state index contributed by atoms with van der Waals surface area (Å²) in [7, 11) is 0. The van der Waals surface area contributed by atoms with Crippen LogP contribution in [0.1, 0.15) is 38.3 Å². The molecular formula is C11H20N4. The molecule has 0 spiro atoms. The summed E-state index contributed by atoms with van der Waals surface area (Å²) in [6.45, 7) is 5.90. The number of hydrogen-bond acceptors (Lipinski definition) is 3. The lowest BCUT2D eigenvalue weighted by atomic mass is 10.2. The van der Waals surface area contributed by atoms with Crippen molar-refractivity contribution in [3.05, 3.63) is 11.6 Å². The summed E-state index contributed by atoms with van der Waals surface area (Å²) < 4.78 is 2.21. The first-order valence-corrected chi connectivity index (χ1v) is 5.81. The maximum absolute atomic E-state index is 5.66. The fourth-order valence-corrected chi connectivity index (χ4v) is 1.83. The topological polar surface area (TPSA) is 56.7 Å². The normalized spacial score (nSPS) is 16.3. The second-order valence-corrected chi connectivity index (χ2v) is 4.89. The highest BCUT2D eigenvalue weighted by Gasteiger charge is 2.25. The van der Waals surface area contributed by atoms with Crippen molar-refractivity contribution in [1.29, 1.82) is 0 Å². The number of aromatic nitrogens is 3. The van der Waals surface area contributed by atoms with Crippen LogP contribution in [0.25, 0.3) is 0 Å². The minimum atomic E-state index is 0.490. The van der Waals surface area contributed by atoms with Gasteiger partial charge in [-0.2, -0.15) is 0 Å². The van der Waals surface area contributed by atoms with Crippen molar-refractivity contribution in [2.45, 2.75) is 46.2 Å². The van der Waals surface area contributed by atoms with Gasteiger partial charge < -0.3 is 10.3 Å². The lowest BCUT2D eigenvalue weighted by molar-refractivity contribution is 0.488. The number of rotatable bonds is 5. The Bertz CT molecular complexity index is 325. The number of nitrogens with two attached hydrogens (primary N) is 1. The van der Waals surface area contributed by atoms with Crippen LogP contribution in [0.4, 0.5) is 0 Å². The molecule has 1 saturated carbocycles. The molecule has 4 nitrogen and oxygen atoms in total. The van der Waals surface area contributed by atoms with Gasteiger partial charge in [0.25, 0.3) is 0 Å². The van der Waals surface area contributed by atoms with Crippen LogP contribution in [0.3, 0.4) is 0 Å². The van der Waals surface area contributed by atoms with Gasteiger partial charge >= 0.3 is 0 Å². The summed E-state index contributed by atoms with van der Waals surface area (Å²) in [4.78, 5) is 0. The van der Waals surface area contributed by atoms with Gasteiger partial charge in [0.05, 0.1) is 6.54 Å². The van der Waals surface area contributed by atoms with E-state index >= 15 is 0 Å². The number of nitrogens with zero attached hydrogens (tertiary/aromatic N) is 3. The third-order valence-electron chi connectivity index (χ3n) is 2.80. The van der Waals surface area contributed by atoms with Gasteiger partial charge in [-0.1, -0.05) is 13.8 Å². The van der Waals surface area contributed by atoms with Gasteiger partial charge in [-0.25, -0.2) is 0 Å².